The molecule has 0 unspecified atom stereocenters. The maximum Gasteiger partial charge on any atom is 0.314 e. The molecule has 1 rings (SSSR count). The van der Waals surface area contributed by atoms with E-state index < -0.39 is 0 Å². The zero-order valence-electron chi connectivity index (χ0n) is 9.36. The molecular formula is C11H22N2O. The number of hydrogen-bond donors (Lipinski definition) is 2. The van der Waals surface area contributed by atoms with E-state index in [1.165, 1.54) is 32.1 Å². The summed E-state index contributed by atoms with van der Waals surface area (Å²) < 4.78 is 0. The molecule has 0 heterocycles. The normalized spacial score (nSPS) is 19.3. The second kappa shape index (κ2) is 5.23. The summed E-state index contributed by atoms with van der Waals surface area (Å²) >= 11 is 0. The first-order valence-electron chi connectivity index (χ1n) is 5.74. The lowest BCUT2D eigenvalue weighted by molar-refractivity contribution is 0.225. The second-order valence-electron chi connectivity index (χ2n) is 4.27. The number of rotatable bonds is 4. The van der Waals surface area contributed by atoms with Crippen LogP contribution < -0.4 is 10.6 Å². The Labute approximate surface area is 86.6 Å². The van der Waals surface area contributed by atoms with E-state index in [0.717, 1.165) is 6.54 Å². The van der Waals surface area contributed by atoms with Gasteiger partial charge >= 0.3 is 6.03 Å². The van der Waals surface area contributed by atoms with Crippen molar-refractivity contribution in [2.24, 2.45) is 5.41 Å². The maximum atomic E-state index is 11.2. The van der Waals surface area contributed by atoms with Gasteiger partial charge in [0.1, 0.15) is 0 Å². The van der Waals surface area contributed by atoms with E-state index in [1.54, 1.807) is 0 Å². The van der Waals surface area contributed by atoms with Crippen molar-refractivity contribution in [3.8, 4) is 0 Å². The molecule has 0 aromatic heterocycles. The Morgan fingerprint density at radius 2 is 1.86 bits per heavy atom. The summed E-state index contributed by atoms with van der Waals surface area (Å²) in [6, 6.07) is -0.0211. The number of carbonyl (C=O) groups is 1. The van der Waals surface area contributed by atoms with Gasteiger partial charge in [0.25, 0.3) is 0 Å². The van der Waals surface area contributed by atoms with E-state index in [9.17, 15) is 4.79 Å². The summed E-state index contributed by atoms with van der Waals surface area (Å²) in [5, 5.41) is 5.73. The molecule has 0 spiro atoms. The van der Waals surface area contributed by atoms with Crippen LogP contribution in [0.1, 0.15) is 46.0 Å². The molecule has 0 atom stereocenters. The smallest absolute Gasteiger partial charge is 0.314 e. The fourth-order valence-corrected chi connectivity index (χ4v) is 2.27. The molecule has 3 heteroatoms. The highest BCUT2D eigenvalue weighted by Gasteiger charge is 2.31. The van der Waals surface area contributed by atoms with Crippen molar-refractivity contribution in [1.29, 1.82) is 0 Å². The minimum Gasteiger partial charge on any atom is -0.338 e. The number of nitrogens with one attached hydrogen (secondary N) is 2. The fraction of sp³-hybridized carbons (Fsp3) is 0.909. The molecule has 82 valence electrons. The van der Waals surface area contributed by atoms with E-state index in [2.05, 4.69) is 17.6 Å². The van der Waals surface area contributed by atoms with Crippen LogP contribution in [0.15, 0.2) is 0 Å². The number of amides is 2. The zero-order valence-corrected chi connectivity index (χ0v) is 9.36. The van der Waals surface area contributed by atoms with Crippen molar-refractivity contribution in [3.05, 3.63) is 0 Å². The van der Waals surface area contributed by atoms with Gasteiger partial charge in [-0.15, -0.1) is 0 Å². The molecule has 1 aliphatic rings. The predicted molar refractivity (Wildman–Crippen MR) is 58.3 cm³/mol. The summed E-state index contributed by atoms with van der Waals surface area (Å²) in [6.07, 6.45) is 6.38. The van der Waals surface area contributed by atoms with Crippen molar-refractivity contribution in [2.45, 2.75) is 46.0 Å². The van der Waals surface area contributed by atoms with Crippen molar-refractivity contribution in [3.63, 3.8) is 0 Å². The quantitative estimate of drug-likeness (QED) is 0.715. The van der Waals surface area contributed by atoms with Crippen LogP contribution in [0.2, 0.25) is 0 Å². The first-order valence-corrected chi connectivity index (χ1v) is 5.74. The van der Waals surface area contributed by atoms with E-state index >= 15 is 0 Å². The Hall–Kier alpha value is -0.730. The molecule has 14 heavy (non-hydrogen) atoms. The second-order valence-corrected chi connectivity index (χ2v) is 4.27. The van der Waals surface area contributed by atoms with Crippen molar-refractivity contribution >= 4 is 6.03 Å². The highest BCUT2D eigenvalue weighted by molar-refractivity contribution is 5.73. The largest absolute Gasteiger partial charge is 0.338 e. The minimum atomic E-state index is -0.0211. The van der Waals surface area contributed by atoms with Crippen LogP contribution in [0.4, 0.5) is 4.79 Å². The average Bonchev–Trinajstić information content (AvgIpc) is 2.65. The lowest BCUT2D eigenvalue weighted by Gasteiger charge is -2.27. The van der Waals surface area contributed by atoms with Gasteiger partial charge in [-0.2, -0.15) is 0 Å². The summed E-state index contributed by atoms with van der Waals surface area (Å²) in [7, 11) is 0. The Kier molecular flexibility index (Phi) is 4.23. The molecular weight excluding hydrogens is 176 g/mol. The Morgan fingerprint density at radius 3 is 2.36 bits per heavy atom. The summed E-state index contributed by atoms with van der Waals surface area (Å²) in [4.78, 5) is 11.2. The van der Waals surface area contributed by atoms with Crippen molar-refractivity contribution < 1.29 is 4.79 Å². The molecule has 1 aliphatic carbocycles. The molecule has 0 aromatic carbocycles. The average molecular weight is 198 g/mol. The third-order valence-electron chi connectivity index (χ3n) is 3.38. The molecule has 0 saturated heterocycles. The van der Waals surface area contributed by atoms with Gasteiger partial charge in [0, 0.05) is 13.1 Å². The lowest BCUT2D eigenvalue weighted by Crippen LogP contribution is -2.41. The van der Waals surface area contributed by atoms with Gasteiger partial charge in [0.15, 0.2) is 0 Å². The van der Waals surface area contributed by atoms with Crippen LogP contribution >= 0.6 is 0 Å². The molecule has 2 N–H and O–H groups in total. The highest BCUT2D eigenvalue weighted by atomic mass is 16.2. The van der Waals surface area contributed by atoms with Crippen molar-refractivity contribution in [2.75, 3.05) is 13.1 Å². The summed E-state index contributed by atoms with van der Waals surface area (Å²) in [5.41, 5.74) is 0.394. The topological polar surface area (TPSA) is 41.1 Å². The third-order valence-corrected chi connectivity index (χ3v) is 3.38. The van der Waals surface area contributed by atoms with E-state index in [1.807, 2.05) is 6.92 Å². The molecule has 0 radical (unpaired) electrons. The van der Waals surface area contributed by atoms with Crippen LogP contribution in [0.5, 0.6) is 0 Å². The Balaban J connectivity index is 2.30. The van der Waals surface area contributed by atoms with Gasteiger partial charge in [0.05, 0.1) is 0 Å². The van der Waals surface area contributed by atoms with Crippen LogP contribution in [0.25, 0.3) is 0 Å². The number of hydrogen-bond acceptors (Lipinski definition) is 1. The Bertz CT molecular complexity index is 186. The van der Waals surface area contributed by atoms with Gasteiger partial charge < -0.3 is 10.6 Å². The van der Waals surface area contributed by atoms with E-state index in [4.69, 9.17) is 0 Å². The predicted octanol–water partition coefficient (Wildman–Crippen LogP) is 2.28. The standard InChI is InChI=1S/C11H22N2O/c1-3-11(7-5-6-8-11)9-13-10(14)12-4-2/h3-9H2,1-2H3,(H2,12,13,14). The lowest BCUT2D eigenvalue weighted by atomic mass is 9.83. The summed E-state index contributed by atoms with van der Waals surface area (Å²) in [5.74, 6) is 0. The highest BCUT2D eigenvalue weighted by Crippen LogP contribution is 2.40. The van der Waals surface area contributed by atoms with Gasteiger partial charge in [-0.05, 0) is 31.6 Å². The zero-order chi connectivity index (χ0) is 10.4. The van der Waals surface area contributed by atoms with E-state index in [-0.39, 0.29) is 6.03 Å². The van der Waals surface area contributed by atoms with Gasteiger partial charge in [-0.1, -0.05) is 19.8 Å². The number of carbonyl (C=O) groups excluding carboxylic acids is 1. The van der Waals surface area contributed by atoms with Crippen LogP contribution in [-0.2, 0) is 0 Å². The first kappa shape index (κ1) is 11.3. The maximum absolute atomic E-state index is 11.2. The molecule has 1 fully saturated rings. The van der Waals surface area contributed by atoms with Crippen LogP contribution in [0, 0.1) is 5.41 Å². The van der Waals surface area contributed by atoms with E-state index in [0.29, 0.717) is 12.0 Å². The SMILES string of the molecule is CCNC(=O)NCC1(CC)CCCC1. The van der Waals surface area contributed by atoms with Gasteiger partial charge in [-0.3, -0.25) is 0 Å². The summed E-state index contributed by atoms with van der Waals surface area (Å²) in [6.45, 7) is 5.70. The third kappa shape index (κ3) is 2.89. The number of urea groups is 1. The minimum absolute atomic E-state index is 0.0211. The van der Waals surface area contributed by atoms with Crippen LogP contribution in [-0.4, -0.2) is 19.1 Å². The molecule has 0 bridgehead atoms. The molecule has 0 aliphatic heterocycles. The molecule has 0 aromatic rings. The Morgan fingerprint density at radius 1 is 1.21 bits per heavy atom. The first-order chi connectivity index (χ1) is 6.72. The monoisotopic (exact) mass is 198 g/mol. The molecule has 3 nitrogen and oxygen atoms in total. The van der Waals surface area contributed by atoms with Crippen LogP contribution in [0.3, 0.4) is 0 Å². The van der Waals surface area contributed by atoms with Crippen molar-refractivity contribution in [1.82, 2.24) is 10.6 Å². The fourth-order valence-electron chi connectivity index (χ4n) is 2.27. The van der Waals surface area contributed by atoms with Gasteiger partial charge in [0.2, 0.25) is 0 Å². The molecule has 2 amide bonds. The molecule has 1 saturated carbocycles. The van der Waals surface area contributed by atoms with Gasteiger partial charge in [-0.25, -0.2) is 4.79 Å².